The Balaban J connectivity index is 1.95. The summed E-state index contributed by atoms with van der Waals surface area (Å²) in [5.41, 5.74) is 1.81. The summed E-state index contributed by atoms with van der Waals surface area (Å²) < 4.78 is 7.18. The van der Waals surface area contributed by atoms with E-state index in [-0.39, 0.29) is 0 Å². The molecule has 0 fully saturated rings. The molecule has 3 aromatic rings. The number of anilines is 2. The number of thiazole rings is 1. The first kappa shape index (κ1) is 13.7. The molecular formula is C14H10BrClN2OS. The highest BCUT2D eigenvalue weighted by atomic mass is 79.9. The third-order valence-electron chi connectivity index (χ3n) is 2.77. The first-order valence-electron chi connectivity index (χ1n) is 5.83. The minimum atomic E-state index is 0.724. The fraction of sp³-hybridized carbons (Fsp3) is 0.0714. The number of hydrogen-bond donors (Lipinski definition) is 1. The average Bonchev–Trinajstić information content (AvgIpc) is 2.85. The van der Waals surface area contributed by atoms with E-state index in [4.69, 9.17) is 16.3 Å². The van der Waals surface area contributed by atoms with Gasteiger partial charge in [-0.25, -0.2) is 4.98 Å². The molecule has 0 atom stereocenters. The maximum Gasteiger partial charge on any atom is 0.188 e. The van der Waals surface area contributed by atoms with Crippen LogP contribution in [0.1, 0.15) is 0 Å². The van der Waals surface area contributed by atoms with Gasteiger partial charge in [-0.05, 0) is 40.2 Å². The van der Waals surface area contributed by atoms with Crippen LogP contribution in [0.2, 0.25) is 5.02 Å². The second-order valence-corrected chi connectivity index (χ2v) is 6.34. The number of nitrogens with one attached hydrogen (secondary N) is 1. The van der Waals surface area contributed by atoms with E-state index in [1.54, 1.807) is 7.11 Å². The highest BCUT2D eigenvalue weighted by Gasteiger charge is 2.08. The van der Waals surface area contributed by atoms with Gasteiger partial charge < -0.3 is 10.1 Å². The molecule has 0 saturated heterocycles. The first-order valence-corrected chi connectivity index (χ1v) is 7.82. The van der Waals surface area contributed by atoms with Crippen LogP contribution in [0.4, 0.5) is 10.8 Å². The number of fused-ring (bicyclic) bond motifs is 1. The molecule has 0 radical (unpaired) electrons. The zero-order chi connectivity index (χ0) is 14.1. The Hall–Kier alpha value is -1.30. The average molecular weight is 370 g/mol. The van der Waals surface area contributed by atoms with Gasteiger partial charge >= 0.3 is 0 Å². The predicted molar refractivity (Wildman–Crippen MR) is 88.6 cm³/mol. The minimum absolute atomic E-state index is 0.724. The number of ether oxygens (including phenoxy) is 1. The summed E-state index contributed by atoms with van der Waals surface area (Å²) in [5, 5.41) is 4.80. The number of methoxy groups -OCH3 is 1. The van der Waals surface area contributed by atoms with Crippen molar-refractivity contribution in [3.8, 4) is 5.75 Å². The Bertz CT molecular complexity index is 775. The Morgan fingerprint density at radius 1 is 1.30 bits per heavy atom. The lowest BCUT2D eigenvalue weighted by molar-refractivity contribution is 0.412. The second-order valence-electron chi connectivity index (χ2n) is 4.08. The topological polar surface area (TPSA) is 34.1 Å². The Labute approximate surface area is 133 Å². The number of nitrogens with zero attached hydrogens (tertiary/aromatic N) is 1. The molecule has 3 nitrogen and oxygen atoms in total. The van der Waals surface area contributed by atoms with Crippen LogP contribution in [0.15, 0.2) is 40.9 Å². The van der Waals surface area contributed by atoms with Crippen molar-refractivity contribution in [3.05, 3.63) is 45.9 Å². The number of aromatic nitrogens is 1. The third kappa shape index (κ3) is 2.61. The molecule has 0 aliphatic rings. The Kier molecular flexibility index (Phi) is 3.83. The number of halogens is 2. The lowest BCUT2D eigenvalue weighted by atomic mass is 10.3. The van der Waals surface area contributed by atoms with Crippen molar-refractivity contribution in [2.45, 2.75) is 0 Å². The molecule has 1 aromatic heterocycles. The van der Waals surface area contributed by atoms with E-state index in [0.29, 0.717) is 0 Å². The van der Waals surface area contributed by atoms with Crippen LogP contribution in [-0.2, 0) is 0 Å². The molecule has 0 unspecified atom stereocenters. The Morgan fingerprint density at radius 3 is 2.90 bits per heavy atom. The molecule has 0 aliphatic carbocycles. The second kappa shape index (κ2) is 5.60. The van der Waals surface area contributed by atoms with E-state index in [0.717, 1.165) is 36.3 Å². The SMILES string of the molecule is COc1cc(Nc2nc3cccc(Cl)c3s2)ccc1Br. The summed E-state index contributed by atoms with van der Waals surface area (Å²) in [6.07, 6.45) is 0. The van der Waals surface area contributed by atoms with Gasteiger partial charge in [0, 0.05) is 11.8 Å². The molecule has 1 N–H and O–H groups in total. The van der Waals surface area contributed by atoms with Crippen LogP contribution in [0.5, 0.6) is 5.75 Å². The lowest BCUT2D eigenvalue weighted by Crippen LogP contribution is -1.91. The molecule has 102 valence electrons. The van der Waals surface area contributed by atoms with Gasteiger partial charge in [-0.2, -0.15) is 0 Å². The van der Waals surface area contributed by atoms with Crippen molar-refractivity contribution in [1.82, 2.24) is 4.98 Å². The molecule has 3 rings (SSSR count). The van der Waals surface area contributed by atoms with Crippen molar-refractivity contribution < 1.29 is 4.74 Å². The van der Waals surface area contributed by atoms with Crippen LogP contribution in [0.3, 0.4) is 0 Å². The number of rotatable bonds is 3. The van der Waals surface area contributed by atoms with Crippen LogP contribution in [-0.4, -0.2) is 12.1 Å². The molecule has 0 saturated carbocycles. The van der Waals surface area contributed by atoms with Gasteiger partial charge in [0.2, 0.25) is 0 Å². The van der Waals surface area contributed by atoms with Gasteiger partial charge in [0.15, 0.2) is 5.13 Å². The third-order valence-corrected chi connectivity index (χ3v) is 4.87. The van der Waals surface area contributed by atoms with Crippen molar-refractivity contribution in [2.75, 3.05) is 12.4 Å². The van der Waals surface area contributed by atoms with Gasteiger partial charge in [-0.3, -0.25) is 0 Å². The van der Waals surface area contributed by atoms with E-state index < -0.39 is 0 Å². The van der Waals surface area contributed by atoms with Gasteiger partial charge in [0.25, 0.3) is 0 Å². The molecule has 6 heteroatoms. The van der Waals surface area contributed by atoms with Gasteiger partial charge in [0.1, 0.15) is 5.75 Å². The maximum atomic E-state index is 6.16. The van der Waals surface area contributed by atoms with Crippen molar-refractivity contribution in [1.29, 1.82) is 0 Å². The number of benzene rings is 2. The summed E-state index contributed by atoms with van der Waals surface area (Å²) in [6, 6.07) is 11.5. The quantitative estimate of drug-likeness (QED) is 0.665. The predicted octanol–water partition coefficient (Wildman–Crippen LogP) is 5.46. The van der Waals surface area contributed by atoms with Crippen molar-refractivity contribution >= 4 is 59.9 Å². The lowest BCUT2D eigenvalue weighted by Gasteiger charge is -2.07. The summed E-state index contributed by atoms with van der Waals surface area (Å²) in [4.78, 5) is 4.52. The van der Waals surface area contributed by atoms with Gasteiger partial charge in [-0.15, -0.1) is 0 Å². The van der Waals surface area contributed by atoms with Crippen LogP contribution < -0.4 is 10.1 Å². The molecule has 20 heavy (non-hydrogen) atoms. The largest absolute Gasteiger partial charge is 0.495 e. The molecule has 1 heterocycles. The van der Waals surface area contributed by atoms with Crippen LogP contribution in [0.25, 0.3) is 10.2 Å². The Morgan fingerprint density at radius 2 is 2.15 bits per heavy atom. The molecule has 0 bridgehead atoms. The van der Waals surface area contributed by atoms with Crippen LogP contribution in [0, 0.1) is 0 Å². The summed E-state index contributed by atoms with van der Waals surface area (Å²) in [5.74, 6) is 0.772. The molecular weight excluding hydrogens is 360 g/mol. The zero-order valence-electron chi connectivity index (χ0n) is 10.5. The number of hydrogen-bond acceptors (Lipinski definition) is 4. The fourth-order valence-corrected chi connectivity index (χ4v) is 3.41. The first-order chi connectivity index (χ1) is 9.67. The van der Waals surface area contributed by atoms with E-state index in [1.807, 2.05) is 36.4 Å². The monoisotopic (exact) mass is 368 g/mol. The maximum absolute atomic E-state index is 6.16. The van der Waals surface area contributed by atoms with Gasteiger partial charge in [0.05, 0.1) is 26.8 Å². The zero-order valence-corrected chi connectivity index (χ0v) is 13.6. The summed E-state index contributed by atoms with van der Waals surface area (Å²) in [7, 11) is 1.64. The summed E-state index contributed by atoms with van der Waals surface area (Å²) >= 11 is 11.1. The van der Waals surface area contributed by atoms with E-state index in [9.17, 15) is 0 Å². The van der Waals surface area contributed by atoms with Crippen molar-refractivity contribution in [3.63, 3.8) is 0 Å². The van der Waals surface area contributed by atoms with Crippen LogP contribution >= 0.6 is 38.9 Å². The molecule has 0 amide bonds. The highest BCUT2D eigenvalue weighted by Crippen LogP contribution is 2.34. The molecule has 0 aliphatic heterocycles. The van der Waals surface area contributed by atoms with Gasteiger partial charge in [-0.1, -0.05) is 29.0 Å². The molecule has 2 aromatic carbocycles. The van der Waals surface area contributed by atoms with E-state index in [2.05, 4.69) is 26.2 Å². The highest BCUT2D eigenvalue weighted by molar-refractivity contribution is 9.10. The standard InChI is InChI=1S/C14H10BrClN2OS/c1-19-12-7-8(5-6-9(12)15)17-14-18-11-4-2-3-10(16)13(11)20-14/h2-7H,1H3,(H,17,18). The van der Waals surface area contributed by atoms with Crippen molar-refractivity contribution in [2.24, 2.45) is 0 Å². The van der Waals surface area contributed by atoms with E-state index >= 15 is 0 Å². The smallest absolute Gasteiger partial charge is 0.188 e. The minimum Gasteiger partial charge on any atom is -0.495 e. The summed E-state index contributed by atoms with van der Waals surface area (Å²) in [6.45, 7) is 0. The fourth-order valence-electron chi connectivity index (χ4n) is 1.83. The van der Waals surface area contributed by atoms with E-state index in [1.165, 1.54) is 11.3 Å². The normalized spacial score (nSPS) is 10.8. The molecule has 0 spiro atoms.